The Morgan fingerprint density at radius 3 is 2.17 bits per heavy atom. The molecule has 4 aliphatic rings. The Morgan fingerprint density at radius 1 is 0.792 bits per heavy atom. The number of aromatic amines is 1. The Kier molecular flexibility index (Phi) is 34.6. The smallest absolute Gasteiger partial charge is 0.409 e. The Hall–Kier alpha value is -9.34. The van der Waals surface area contributed by atoms with Crippen molar-refractivity contribution in [3.63, 3.8) is 0 Å². The van der Waals surface area contributed by atoms with Gasteiger partial charge >= 0.3 is 12.1 Å². The number of halogens is 1. The van der Waals surface area contributed by atoms with Crippen molar-refractivity contribution >= 4 is 115 Å². The van der Waals surface area contributed by atoms with Crippen LogP contribution in [0.1, 0.15) is 141 Å². The molecule has 15 atom stereocenters. The van der Waals surface area contributed by atoms with E-state index in [2.05, 4.69) is 26.3 Å². The van der Waals surface area contributed by atoms with Crippen molar-refractivity contribution in [1.29, 1.82) is 0 Å². The molecule has 3 saturated heterocycles. The molecule has 4 bridgehead atoms. The quantitative estimate of drug-likeness (QED) is 0.00936. The van der Waals surface area contributed by atoms with Crippen molar-refractivity contribution < 1.29 is 91.7 Å². The van der Waals surface area contributed by atoms with Gasteiger partial charge in [0.1, 0.15) is 58.6 Å². The summed E-state index contributed by atoms with van der Waals surface area (Å²) >= 11 is 6.91. The number of carbonyl (C=O) groups is 11. The number of carbonyl (C=O) groups excluding carboxylic acids is 11. The maximum Gasteiger partial charge on any atom is 0.409 e. The number of hydrogen-bond donors (Lipinski definition) is 9. The van der Waals surface area contributed by atoms with Crippen molar-refractivity contribution in [1.82, 2.24) is 41.0 Å². The number of fused-ring (bicyclic) bond motifs is 6. The van der Waals surface area contributed by atoms with Crippen LogP contribution in [0.15, 0.2) is 121 Å². The number of phenolic OH excluding ortho intramolecular Hbond substituents is 1. The minimum absolute atomic E-state index is 0.0240. The van der Waals surface area contributed by atoms with E-state index in [1.807, 2.05) is 44.2 Å². The number of hydrogen-bond acceptors (Lipinski definition) is 22. The summed E-state index contributed by atoms with van der Waals surface area (Å²) in [6, 6.07) is 18.8. The van der Waals surface area contributed by atoms with Crippen LogP contribution >= 0.6 is 33.2 Å². The van der Waals surface area contributed by atoms with Gasteiger partial charge in [-0.1, -0.05) is 144 Å². The van der Waals surface area contributed by atoms with Crippen molar-refractivity contribution in [2.75, 3.05) is 71.4 Å². The van der Waals surface area contributed by atoms with E-state index < -0.39 is 168 Å². The normalized spacial score (nSPS) is 26.3. The summed E-state index contributed by atoms with van der Waals surface area (Å²) in [7, 11) is 10.0. The van der Waals surface area contributed by atoms with Gasteiger partial charge in [-0.2, -0.15) is 0 Å². The third-order valence-corrected chi connectivity index (χ3v) is 26.0. The van der Waals surface area contributed by atoms with Gasteiger partial charge in [0.15, 0.2) is 17.3 Å². The van der Waals surface area contributed by atoms with Crippen LogP contribution in [-0.2, 0) is 92.6 Å². The zero-order valence-electron chi connectivity index (χ0n) is 70.3. The van der Waals surface area contributed by atoms with Crippen LogP contribution < -0.4 is 36.6 Å². The van der Waals surface area contributed by atoms with Gasteiger partial charge in [0, 0.05) is 133 Å². The fourth-order valence-electron chi connectivity index (χ4n) is 15.7. The first-order valence-electron chi connectivity index (χ1n) is 41.1. The highest BCUT2D eigenvalue weighted by Crippen LogP contribution is 2.50. The summed E-state index contributed by atoms with van der Waals surface area (Å²) in [4.78, 5) is 171. The topological polar surface area (TPSA) is 401 Å². The van der Waals surface area contributed by atoms with Gasteiger partial charge in [0.2, 0.25) is 41.4 Å². The molecular weight excluding hydrogens is 1600 g/mol. The number of ketones is 2. The number of nitrogens with two attached hydrogens (primary N) is 1. The number of nitrogens with one attached hydrogen (secondary N) is 5. The van der Waals surface area contributed by atoms with Crippen LogP contribution in [0, 0.1) is 17.8 Å². The molecule has 4 aliphatic heterocycles. The largest absolute Gasteiger partial charge is 0.508 e. The zero-order valence-corrected chi connectivity index (χ0v) is 72.6. The predicted molar refractivity (Wildman–Crippen MR) is 458 cm³/mol. The molecule has 9 rings (SSSR count). The van der Waals surface area contributed by atoms with E-state index in [4.69, 9.17) is 41.0 Å². The number of nitrogens with zero attached hydrogens (tertiary/aromatic N) is 4. The van der Waals surface area contributed by atoms with E-state index in [1.165, 1.54) is 90.6 Å². The van der Waals surface area contributed by atoms with Gasteiger partial charge in [-0.25, -0.2) is 9.59 Å². The maximum absolute atomic E-state index is 15.6. The lowest BCUT2D eigenvalue weighted by Crippen LogP contribution is -2.63. The number of allylic oxidation sites excluding steroid dienone is 3. The Bertz CT molecular complexity index is 4500. The molecular formula is C88H117ClN10O19S2. The number of aliphatic hydroxyl groups excluding tert-OH is 1. The highest BCUT2D eigenvalue weighted by Gasteiger charge is 2.65. The number of phenols is 1. The highest BCUT2D eigenvalue weighted by molar-refractivity contribution is 8.76. The number of rotatable bonds is 29. The summed E-state index contributed by atoms with van der Waals surface area (Å²) in [5, 5.41) is 45.6. The maximum atomic E-state index is 15.6. The van der Waals surface area contributed by atoms with Crippen LogP contribution in [0.4, 0.5) is 10.5 Å². The first-order chi connectivity index (χ1) is 57.2. The molecule has 5 aromatic rings. The van der Waals surface area contributed by atoms with Crippen molar-refractivity contribution in [3.05, 3.63) is 148 Å². The minimum atomic E-state index is -1.92. The summed E-state index contributed by atoms with van der Waals surface area (Å²) in [5.41, 5.74) is 7.15. The molecule has 0 aliphatic carbocycles. The second-order valence-corrected chi connectivity index (χ2v) is 35.1. The number of amides is 8. The molecule has 32 heteroatoms. The monoisotopic (exact) mass is 1720 g/mol. The molecule has 4 aromatic carbocycles. The van der Waals surface area contributed by atoms with Gasteiger partial charge in [-0.15, -0.1) is 0 Å². The van der Waals surface area contributed by atoms with Gasteiger partial charge in [-0.3, -0.25) is 48.5 Å². The summed E-state index contributed by atoms with van der Waals surface area (Å²) < 4.78 is 29.8. The van der Waals surface area contributed by atoms with E-state index in [1.54, 1.807) is 98.7 Å². The number of unbranched alkanes of at least 4 members (excludes halogenated alkanes) is 2. The lowest BCUT2D eigenvalue weighted by atomic mass is 9.83. The summed E-state index contributed by atoms with van der Waals surface area (Å²) in [6.45, 7) is 11.0. The van der Waals surface area contributed by atoms with Gasteiger partial charge in [0.25, 0.3) is 0 Å². The summed E-state index contributed by atoms with van der Waals surface area (Å²) in [5.74, 6) is -8.37. The number of epoxide rings is 1. The number of aromatic nitrogens is 1. The number of esters is 1. The number of anilines is 1. The Balaban J connectivity index is 0.906. The third kappa shape index (κ3) is 25.0. The number of aliphatic hydroxyl groups is 2. The van der Waals surface area contributed by atoms with Crippen LogP contribution in [0.25, 0.3) is 10.9 Å². The number of ether oxygens (including phenoxy) is 5. The van der Waals surface area contributed by atoms with E-state index in [0.29, 0.717) is 72.5 Å². The standard InChI is InChI=1S/C88H117ClN10O19S2/c1-12-13-37-99(38-40-120-119-39-35-75(104)96(7)54(4)85(111)117-74-49-77(106)97(8)68-44-58(45-71(114-10)78(68)89)41-52(2)22-21-28-73(115-11)88(113)50-72(116-86(112)95-88)53(3)80-87(74,6)118-80)76(105)34-33-67-70(103)48-60(42-57-29-31-62(101)32-30-57)82(108)92-65(46-61-51-91-64-27-18-17-26-63(61)64)69(102)47-59(25-19-20-36-90)81(107)94-79(55(5)100)83(109)93-66(84(110)98(67)9)43-56-23-15-14-16-24-56/h14-18,21-24,26-32,44-45,51,53-55,59-60,65-67,72-74,79-80,91,100-101,113H,12-13,19-20,25,33-43,46-50,90H2,1-11H3,(H,92,108)(H,93,109)(H,94,107)(H,95,112)/b28-21+,52-22+/t53-,54+,55-,59-,60-,65-,66+,67+,72+,73-,74+,79+,80+,87+,88+/m1/s1. The second kappa shape index (κ2) is 43.9. The van der Waals surface area contributed by atoms with E-state index in [-0.39, 0.29) is 86.9 Å². The highest BCUT2D eigenvalue weighted by atomic mass is 35.5. The average molecular weight is 1720 g/mol. The van der Waals surface area contributed by atoms with Gasteiger partial charge in [0.05, 0.1) is 43.5 Å². The van der Waals surface area contributed by atoms with Crippen LogP contribution in [0.3, 0.4) is 0 Å². The van der Waals surface area contributed by atoms with E-state index in [0.717, 1.165) is 22.0 Å². The van der Waals surface area contributed by atoms with Crippen LogP contribution in [0.2, 0.25) is 5.02 Å². The summed E-state index contributed by atoms with van der Waals surface area (Å²) in [6.07, 6.45) is 0.947. The number of benzene rings is 4. The molecule has 0 saturated carbocycles. The van der Waals surface area contributed by atoms with E-state index >= 15 is 19.2 Å². The molecule has 10 N–H and O–H groups in total. The number of alkyl carbamates (subject to hydrolysis) is 1. The fourth-order valence-corrected chi connectivity index (χ4v) is 18.0. The fraction of sp³-hybridized carbons (Fsp3) is 0.534. The van der Waals surface area contributed by atoms with Crippen molar-refractivity contribution in [2.24, 2.45) is 23.5 Å². The lowest BCUT2D eigenvalue weighted by Gasteiger charge is -2.42. The van der Waals surface area contributed by atoms with Gasteiger partial charge < -0.3 is 85.3 Å². The molecule has 0 radical (unpaired) electrons. The zero-order chi connectivity index (χ0) is 87.3. The number of H-pyrrole nitrogens is 1. The van der Waals surface area contributed by atoms with Crippen LogP contribution in [-0.4, -0.2) is 239 Å². The number of Topliss-reactive ketones (excluding diaryl/α,β-unsaturated/α-hetero) is 2. The Labute approximate surface area is 714 Å². The number of aromatic hydroxyl groups is 1. The molecule has 0 unspecified atom stereocenters. The number of methoxy groups -OCH3 is 2. The molecule has 3 fully saturated rings. The Morgan fingerprint density at radius 2 is 1.48 bits per heavy atom. The van der Waals surface area contributed by atoms with Crippen molar-refractivity contribution in [2.45, 2.75) is 216 Å². The average Bonchev–Trinajstić information content (AvgIpc) is 1.57. The minimum Gasteiger partial charge on any atom is -0.508 e. The third-order valence-electron chi connectivity index (χ3n) is 23.2. The van der Waals surface area contributed by atoms with Crippen molar-refractivity contribution in [3.8, 4) is 11.5 Å². The lowest BCUT2D eigenvalue weighted by molar-refractivity contribution is -0.162. The molecule has 652 valence electrons. The molecule has 5 heterocycles. The first kappa shape index (κ1) is 94.5. The molecule has 0 spiro atoms. The predicted octanol–water partition coefficient (Wildman–Crippen LogP) is 8.57. The number of likely N-dealkylation sites (N-methyl/N-ethyl adjacent to an activating group) is 2. The first-order valence-corrected chi connectivity index (χ1v) is 43.9. The molecule has 29 nitrogen and oxygen atoms in total. The molecule has 120 heavy (non-hydrogen) atoms. The van der Waals surface area contributed by atoms with E-state index in [9.17, 15) is 48.9 Å². The molecule has 1 aromatic heterocycles. The van der Waals surface area contributed by atoms with Crippen LogP contribution in [0.5, 0.6) is 11.5 Å². The second-order valence-electron chi connectivity index (χ2n) is 32.0. The number of para-hydroxylation sites is 1. The van der Waals surface area contributed by atoms with Gasteiger partial charge in [-0.05, 0) is 125 Å². The SMILES string of the molecule is CCCCN(CCSSCCC(=O)N(C)[C@@H](C)C(=O)O[C@H]1CC(=O)N(C)c2cc(cc(OC)c2Cl)C/C(C)=C/C=C/[C@@H](OC)[C@@]2(O)C[C@H](OC(=O)N2)[C@@H](C)[C@@H]2O[C@@]12C)C(=O)CC[C@H]1C(=O)C[C@@H](Cc2ccc(O)cc2)C(=O)N[C@H](Cc2c[nH]c3ccccc23)C(=O)C[C@@H](CCCCN)C(=O)N[C@@H]([C@@H](C)O)C(=O)N[C@@H](Cc2ccccc2)C(=O)N1C. The molecule has 8 amide bonds.